The number of nitrogens with zero attached hydrogens (tertiary/aromatic N) is 3. The van der Waals surface area contributed by atoms with Crippen molar-refractivity contribution in [3.05, 3.63) is 71.2 Å². The van der Waals surface area contributed by atoms with Crippen molar-refractivity contribution >= 4 is 17.5 Å². The Labute approximate surface area is 140 Å². The van der Waals surface area contributed by atoms with Gasteiger partial charge in [-0.15, -0.1) is 5.10 Å². The summed E-state index contributed by atoms with van der Waals surface area (Å²) in [7, 11) is 0. The second kappa shape index (κ2) is 7.04. The molecule has 3 aromatic rings. The number of nitrogens with one attached hydrogen (secondary N) is 2. The summed E-state index contributed by atoms with van der Waals surface area (Å²) in [6, 6.07) is 12.5. The monoisotopic (exact) mass is 323 g/mol. The Bertz CT molecular complexity index is 833. The van der Waals surface area contributed by atoms with Gasteiger partial charge in [-0.2, -0.15) is 10.1 Å². The average Bonchev–Trinajstić information content (AvgIpc) is 2.58. The Kier molecular flexibility index (Phi) is 4.65. The van der Waals surface area contributed by atoms with Crippen molar-refractivity contribution < 1.29 is 4.39 Å². The van der Waals surface area contributed by atoms with E-state index in [2.05, 4.69) is 31.9 Å². The van der Waals surface area contributed by atoms with Crippen LogP contribution in [-0.4, -0.2) is 15.2 Å². The number of halogens is 1. The third-order valence-electron chi connectivity index (χ3n) is 3.59. The lowest BCUT2D eigenvalue weighted by Gasteiger charge is -2.10. The van der Waals surface area contributed by atoms with Crippen LogP contribution in [0, 0.1) is 19.7 Å². The second-order valence-electron chi connectivity index (χ2n) is 5.59. The van der Waals surface area contributed by atoms with Gasteiger partial charge in [-0.3, -0.25) is 0 Å². The van der Waals surface area contributed by atoms with Crippen LogP contribution in [0.1, 0.15) is 16.7 Å². The van der Waals surface area contributed by atoms with E-state index in [9.17, 15) is 4.39 Å². The zero-order chi connectivity index (χ0) is 16.9. The molecule has 0 amide bonds. The largest absolute Gasteiger partial charge is 0.365 e. The van der Waals surface area contributed by atoms with Crippen LogP contribution in [0.5, 0.6) is 0 Å². The van der Waals surface area contributed by atoms with Gasteiger partial charge in [0.2, 0.25) is 5.95 Å². The highest BCUT2D eigenvalue weighted by molar-refractivity contribution is 5.59. The van der Waals surface area contributed by atoms with E-state index in [1.54, 1.807) is 18.3 Å². The molecule has 0 unspecified atom stereocenters. The Morgan fingerprint density at radius 2 is 1.83 bits per heavy atom. The highest BCUT2D eigenvalue weighted by Gasteiger charge is 2.04. The summed E-state index contributed by atoms with van der Waals surface area (Å²) in [5.74, 6) is 0.775. The lowest BCUT2D eigenvalue weighted by molar-refractivity contribution is 0.627. The summed E-state index contributed by atoms with van der Waals surface area (Å²) in [6.45, 7) is 4.58. The maximum Gasteiger partial charge on any atom is 0.249 e. The van der Waals surface area contributed by atoms with E-state index in [0.717, 1.165) is 22.4 Å². The van der Waals surface area contributed by atoms with Crippen LogP contribution < -0.4 is 10.6 Å². The zero-order valence-electron chi connectivity index (χ0n) is 13.5. The fourth-order valence-electron chi connectivity index (χ4n) is 2.23. The predicted molar refractivity (Wildman–Crippen MR) is 92.8 cm³/mol. The first-order valence-corrected chi connectivity index (χ1v) is 7.62. The molecule has 24 heavy (non-hydrogen) atoms. The Balaban J connectivity index is 1.69. The van der Waals surface area contributed by atoms with Crippen LogP contribution in [0.2, 0.25) is 0 Å². The van der Waals surface area contributed by atoms with E-state index >= 15 is 0 Å². The number of benzene rings is 2. The quantitative estimate of drug-likeness (QED) is 0.743. The van der Waals surface area contributed by atoms with Crippen molar-refractivity contribution in [3.8, 4) is 0 Å². The summed E-state index contributed by atoms with van der Waals surface area (Å²) < 4.78 is 12.9. The predicted octanol–water partition coefficient (Wildman–Crippen LogP) is 3.98. The molecule has 0 radical (unpaired) electrons. The number of rotatable bonds is 5. The number of aromatic nitrogens is 3. The molecular weight excluding hydrogens is 305 g/mol. The molecule has 1 heterocycles. The Morgan fingerprint density at radius 3 is 2.62 bits per heavy atom. The molecule has 0 saturated heterocycles. The molecule has 3 rings (SSSR count). The van der Waals surface area contributed by atoms with Gasteiger partial charge in [-0.05, 0) is 48.7 Å². The van der Waals surface area contributed by atoms with Crippen LogP contribution in [0.3, 0.4) is 0 Å². The summed E-state index contributed by atoms with van der Waals surface area (Å²) in [5.41, 5.74) is 4.17. The van der Waals surface area contributed by atoms with Gasteiger partial charge in [0.05, 0.1) is 6.20 Å². The lowest BCUT2D eigenvalue weighted by atomic mass is 10.1. The minimum absolute atomic E-state index is 0.248. The first-order valence-electron chi connectivity index (χ1n) is 7.62. The number of anilines is 3. The van der Waals surface area contributed by atoms with E-state index in [1.165, 1.54) is 12.1 Å². The standard InChI is InChI=1S/C18H18FN5/c1-12-3-4-13(2)16(9-12)22-18-23-17(11-21-24-18)20-10-14-5-7-15(19)8-6-14/h3-9,11H,10H2,1-2H3,(H2,20,22,23,24). The van der Waals surface area contributed by atoms with Crippen LogP contribution >= 0.6 is 0 Å². The summed E-state index contributed by atoms with van der Waals surface area (Å²) in [4.78, 5) is 4.40. The molecule has 0 bridgehead atoms. The SMILES string of the molecule is Cc1ccc(C)c(Nc2nncc(NCc3ccc(F)cc3)n2)c1. The molecule has 0 saturated carbocycles. The van der Waals surface area contributed by atoms with Gasteiger partial charge in [0.25, 0.3) is 0 Å². The highest BCUT2D eigenvalue weighted by atomic mass is 19.1. The van der Waals surface area contributed by atoms with Crippen LogP contribution in [0.4, 0.5) is 21.8 Å². The van der Waals surface area contributed by atoms with Crippen molar-refractivity contribution in [2.24, 2.45) is 0 Å². The number of aryl methyl sites for hydroxylation is 2. The lowest BCUT2D eigenvalue weighted by Crippen LogP contribution is -2.06. The molecule has 122 valence electrons. The second-order valence-corrected chi connectivity index (χ2v) is 5.59. The van der Waals surface area contributed by atoms with Crippen molar-refractivity contribution in [3.63, 3.8) is 0 Å². The van der Waals surface area contributed by atoms with E-state index in [-0.39, 0.29) is 5.82 Å². The van der Waals surface area contributed by atoms with E-state index in [1.807, 2.05) is 26.0 Å². The van der Waals surface area contributed by atoms with Crippen LogP contribution in [-0.2, 0) is 6.54 Å². The first-order chi connectivity index (χ1) is 11.6. The van der Waals surface area contributed by atoms with Gasteiger partial charge < -0.3 is 10.6 Å². The molecule has 2 N–H and O–H groups in total. The first kappa shape index (κ1) is 15.9. The van der Waals surface area contributed by atoms with E-state index < -0.39 is 0 Å². The minimum Gasteiger partial charge on any atom is -0.365 e. The molecular formula is C18H18FN5. The van der Waals surface area contributed by atoms with Gasteiger partial charge in [0.1, 0.15) is 5.82 Å². The third-order valence-corrected chi connectivity index (χ3v) is 3.59. The van der Waals surface area contributed by atoms with Gasteiger partial charge in [-0.1, -0.05) is 24.3 Å². The normalized spacial score (nSPS) is 10.5. The molecule has 1 aromatic heterocycles. The molecule has 2 aromatic carbocycles. The number of hydrogen-bond donors (Lipinski definition) is 2. The van der Waals surface area contributed by atoms with E-state index in [0.29, 0.717) is 18.3 Å². The molecule has 0 fully saturated rings. The fraction of sp³-hybridized carbons (Fsp3) is 0.167. The molecule has 0 aliphatic carbocycles. The maximum absolute atomic E-state index is 12.9. The maximum atomic E-state index is 12.9. The van der Waals surface area contributed by atoms with Gasteiger partial charge >= 0.3 is 0 Å². The Morgan fingerprint density at radius 1 is 1.04 bits per heavy atom. The van der Waals surface area contributed by atoms with Gasteiger partial charge in [0, 0.05) is 12.2 Å². The van der Waals surface area contributed by atoms with Crippen molar-refractivity contribution in [1.29, 1.82) is 0 Å². The van der Waals surface area contributed by atoms with Crippen LogP contribution in [0.25, 0.3) is 0 Å². The highest BCUT2D eigenvalue weighted by Crippen LogP contribution is 2.20. The molecule has 5 nitrogen and oxygen atoms in total. The zero-order valence-corrected chi connectivity index (χ0v) is 13.5. The number of hydrogen-bond acceptors (Lipinski definition) is 5. The average molecular weight is 323 g/mol. The van der Waals surface area contributed by atoms with Gasteiger partial charge in [0.15, 0.2) is 5.82 Å². The molecule has 6 heteroatoms. The smallest absolute Gasteiger partial charge is 0.249 e. The van der Waals surface area contributed by atoms with Crippen molar-refractivity contribution in [1.82, 2.24) is 15.2 Å². The summed E-state index contributed by atoms with van der Waals surface area (Å²) in [6.07, 6.45) is 1.55. The summed E-state index contributed by atoms with van der Waals surface area (Å²) in [5, 5.41) is 14.3. The minimum atomic E-state index is -0.248. The topological polar surface area (TPSA) is 62.7 Å². The van der Waals surface area contributed by atoms with Crippen molar-refractivity contribution in [2.75, 3.05) is 10.6 Å². The third kappa shape index (κ3) is 4.04. The Hall–Kier alpha value is -3.02. The summed E-state index contributed by atoms with van der Waals surface area (Å²) >= 11 is 0. The van der Waals surface area contributed by atoms with Crippen LogP contribution in [0.15, 0.2) is 48.7 Å². The molecule has 0 aliphatic rings. The molecule has 0 spiro atoms. The van der Waals surface area contributed by atoms with E-state index in [4.69, 9.17) is 0 Å². The molecule has 0 aliphatic heterocycles. The fourth-order valence-corrected chi connectivity index (χ4v) is 2.23. The van der Waals surface area contributed by atoms with Gasteiger partial charge in [-0.25, -0.2) is 4.39 Å². The van der Waals surface area contributed by atoms with Crippen molar-refractivity contribution in [2.45, 2.75) is 20.4 Å². The molecule has 0 atom stereocenters.